The third-order valence-corrected chi connectivity index (χ3v) is 3.87. The zero-order valence-corrected chi connectivity index (χ0v) is 13.3. The molecule has 0 bridgehead atoms. The number of aliphatic hydroxyl groups is 1. The van der Waals surface area contributed by atoms with Crippen LogP contribution in [-0.4, -0.2) is 68.0 Å². The molecule has 5 heteroatoms. The second kappa shape index (κ2) is 8.78. The zero-order valence-electron chi connectivity index (χ0n) is 13.3. The Morgan fingerprint density at radius 2 is 1.91 bits per heavy atom. The molecule has 0 amide bonds. The minimum absolute atomic E-state index is 0.239. The van der Waals surface area contributed by atoms with Crippen LogP contribution in [0.5, 0.6) is 11.5 Å². The lowest BCUT2D eigenvalue weighted by molar-refractivity contribution is 0.108. The number of β-amino-alcohol motifs (C(OH)–C–C–N with tert-alkyl or cyclic N) is 1. The molecule has 0 radical (unpaired) electrons. The number of nitrogens with zero attached hydrogens (tertiary/aromatic N) is 2. The lowest BCUT2D eigenvalue weighted by Gasteiger charge is -2.34. The average molecular weight is 306 g/mol. The van der Waals surface area contributed by atoms with Crippen molar-refractivity contribution in [3.63, 3.8) is 0 Å². The van der Waals surface area contributed by atoms with Crippen LogP contribution in [-0.2, 0) is 6.54 Å². The van der Waals surface area contributed by atoms with Crippen molar-refractivity contribution in [1.82, 2.24) is 9.80 Å². The number of hydrogen-bond donors (Lipinski definition) is 1. The molecule has 1 saturated heterocycles. The van der Waals surface area contributed by atoms with E-state index in [1.165, 1.54) is 5.56 Å². The van der Waals surface area contributed by atoms with Gasteiger partial charge in [-0.2, -0.15) is 0 Å². The van der Waals surface area contributed by atoms with Gasteiger partial charge in [-0.25, -0.2) is 0 Å². The highest BCUT2D eigenvalue weighted by molar-refractivity contribution is 5.43. The molecule has 122 valence electrons. The van der Waals surface area contributed by atoms with Gasteiger partial charge in [0.2, 0.25) is 0 Å². The normalized spacial score (nSPS) is 16.5. The number of benzene rings is 1. The van der Waals surface area contributed by atoms with E-state index in [1.807, 2.05) is 12.1 Å². The first kappa shape index (κ1) is 16.8. The van der Waals surface area contributed by atoms with Gasteiger partial charge in [0, 0.05) is 39.3 Å². The predicted octanol–water partition coefficient (Wildman–Crippen LogP) is 1.37. The Kier molecular flexibility index (Phi) is 6.71. The standard InChI is InChI=1S/C17H26N2O3/c1-3-12-22-16-5-4-15(13-17(16)21-2)14-19-8-6-18(7-9-19)10-11-20/h3-5,13,20H,1,6-12,14H2,2H3. The number of rotatable bonds is 8. The molecule has 1 fully saturated rings. The fourth-order valence-electron chi connectivity index (χ4n) is 2.65. The highest BCUT2D eigenvalue weighted by Gasteiger charge is 2.17. The van der Waals surface area contributed by atoms with Crippen molar-refractivity contribution in [1.29, 1.82) is 0 Å². The molecule has 0 spiro atoms. The second-order valence-electron chi connectivity index (χ2n) is 5.43. The smallest absolute Gasteiger partial charge is 0.161 e. The van der Waals surface area contributed by atoms with Crippen LogP contribution >= 0.6 is 0 Å². The highest BCUT2D eigenvalue weighted by atomic mass is 16.5. The van der Waals surface area contributed by atoms with Gasteiger partial charge in [-0.1, -0.05) is 18.7 Å². The van der Waals surface area contributed by atoms with E-state index < -0.39 is 0 Å². The van der Waals surface area contributed by atoms with Crippen molar-refractivity contribution in [3.05, 3.63) is 36.4 Å². The van der Waals surface area contributed by atoms with E-state index in [4.69, 9.17) is 14.6 Å². The Labute approximate surface area is 132 Å². The molecule has 0 atom stereocenters. The van der Waals surface area contributed by atoms with Gasteiger partial charge in [-0.05, 0) is 17.7 Å². The van der Waals surface area contributed by atoms with Crippen LogP contribution in [0.3, 0.4) is 0 Å². The largest absolute Gasteiger partial charge is 0.493 e. The molecular weight excluding hydrogens is 280 g/mol. The van der Waals surface area contributed by atoms with Crippen molar-refractivity contribution in [3.8, 4) is 11.5 Å². The molecule has 1 aromatic carbocycles. The first-order valence-corrected chi connectivity index (χ1v) is 7.73. The summed E-state index contributed by atoms with van der Waals surface area (Å²) in [7, 11) is 1.66. The summed E-state index contributed by atoms with van der Waals surface area (Å²) in [4.78, 5) is 4.72. The molecule has 2 rings (SSSR count). The Hall–Kier alpha value is -1.56. The molecule has 1 N–H and O–H groups in total. The minimum Gasteiger partial charge on any atom is -0.493 e. The molecule has 0 aromatic heterocycles. The zero-order chi connectivity index (χ0) is 15.8. The number of piperazine rings is 1. The lowest BCUT2D eigenvalue weighted by atomic mass is 10.1. The van der Waals surface area contributed by atoms with Gasteiger partial charge in [0.1, 0.15) is 6.61 Å². The van der Waals surface area contributed by atoms with Crippen molar-refractivity contribution in [2.45, 2.75) is 6.54 Å². The summed E-state index contributed by atoms with van der Waals surface area (Å²) in [6.45, 7) is 10.1. The van der Waals surface area contributed by atoms with Crippen LogP contribution < -0.4 is 9.47 Å². The summed E-state index contributed by atoms with van der Waals surface area (Å²) < 4.78 is 11.0. The number of hydrogen-bond acceptors (Lipinski definition) is 5. The third-order valence-electron chi connectivity index (χ3n) is 3.87. The van der Waals surface area contributed by atoms with E-state index in [9.17, 15) is 0 Å². The van der Waals surface area contributed by atoms with Gasteiger partial charge in [-0.3, -0.25) is 9.80 Å². The molecule has 0 aliphatic carbocycles. The van der Waals surface area contributed by atoms with Gasteiger partial charge in [0.15, 0.2) is 11.5 Å². The first-order chi connectivity index (χ1) is 10.8. The minimum atomic E-state index is 0.239. The molecule has 0 unspecified atom stereocenters. The summed E-state index contributed by atoms with van der Waals surface area (Å²) >= 11 is 0. The van der Waals surface area contributed by atoms with Crippen molar-refractivity contribution in [2.24, 2.45) is 0 Å². The first-order valence-electron chi connectivity index (χ1n) is 7.73. The Morgan fingerprint density at radius 1 is 1.18 bits per heavy atom. The van der Waals surface area contributed by atoms with Gasteiger partial charge in [-0.15, -0.1) is 0 Å². The van der Waals surface area contributed by atoms with Crippen LogP contribution in [0, 0.1) is 0 Å². The average Bonchev–Trinajstić information content (AvgIpc) is 2.55. The lowest BCUT2D eigenvalue weighted by Crippen LogP contribution is -2.46. The number of aliphatic hydroxyl groups excluding tert-OH is 1. The molecule has 1 heterocycles. The van der Waals surface area contributed by atoms with Crippen LogP contribution in [0.25, 0.3) is 0 Å². The Morgan fingerprint density at radius 3 is 2.55 bits per heavy atom. The van der Waals surface area contributed by atoms with Crippen LogP contribution in [0.1, 0.15) is 5.56 Å². The number of ether oxygens (including phenoxy) is 2. The summed E-state index contributed by atoms with van der Waals surface area (Å²) in [5.41, 5.74) is 1.22. The summed E-state index contributed by atoms with van der Waals surface area (Å²) in [6, 6.07) is 6.08. The van der Waals surface area contributed by atoms with Crippen molar-refractivity contribution >= 4 is 0 Å². The van der Waals surface area contributed by atoms with Crippen LogP contribution in [0.15, 0.2) is 30.9 Å². The molecule has 1 aliphatic heterocycles. The van der Waals surface area contributed by atoms with E-state index in [0.29, 0.717) is 6.61 Å². The summed E-state index contributed by atoms with van der Waals surface area (Å²) in [6.07, 6.45) is 1.72. The predicted molar refractivity (Wildman–Crippen MR) is 87.5 cm³/mol. The second-order valence-corrected chi connectivity index (χ2v) is 5.43. The van der Waals surface area contributed by atoms with Crippen LogP contribution in [0.2, 0.25) is 0 Å². The summed E-state index contributed by atoms with van der Waals surface area (Å²) in [5, 5.41) is 8.98. The third kappa shape index (κ3) is 4.73. The van der Waals surface area contributed by atoms with E-state index in [0.717, 1.165) is 50.8 Å². The molecule has 1 aliphatic rings. The van der Waals surface area contributed by atoms with Crippen molar-refractivity contribution < 1.29 is 14.6 Å². The van der Waals surface area contributed by atoms with E-state index in [1.54, 1.807) is 13.2 Å². The SMILES string of the molecule is C=CCOc1ccc(CN2CCN(CCO)CC2)cc1OC. The van der Waals surface area contributed by atoms with Gasteiger partial charge < -0.3 is 14.6 Å². The van der Waals surface area contributed by atoms with Gasteiger partial charge in [0.25, 0.3) is 0 Å². The molecule has 22 heavy (non-hydrogen) atoms. The van der Waals surface area contributed by atoms with Crippen LogP contribution in [0.4, 0.5) is 0 Å². The molecule has 0 saturated carbocycles. The fraction of sp³-hybridized carbons (Fsp3) is 0.529. The number of methoxy groups -OCH3 is 1. The molecular formula is C17H26N2O3. The molecule has 5 nitrogen and oxygen atoms in total. The quantitative estimate of drug-likeness (QED) is 0.735. The summed E-state index contributed by atoms with van der Waals surface area (Å²) in [5.74, 6) is 1.51. The van der Waals surface area contributed by atoms with Crippen molar-refractivity contribution in [2.75, 3.05) is 53.0 Å². The fourth-order valence-corrected chi connectivity index (χ4v) is 2.65. The van der Waals surface area contributed by atoms with E-state index in [-0.39, 0.29) is 6.61 Å². The maximum Gasteiger partial charge on any atom is 0.161 e. The maximum absolute atomic E-state index is 8.98. The van der Waals surface area contributed by atoms with Gasteiger partial charge >= 0.3 is 0 Å². The van der Waals surface area contributed by atoms with E-state index >= 15 is 0 Å². The highest BCUT2D eigenvalue weighted by Crippen LogP contribution is 2.28. The van der Waals surface area contributed by atoms with E-state index in [2.05, 4.69) is 22.4 Å². The molecule has 1 aromatic rings. The van der Waals surface area contributed by atoms with Gasteiger partial charge in [0.05, 0.1) is 13.7 Å². The topological polar surface area (TPSA) is 45.2 Å². The monoisotopic (exact) mass is 306 g/mol. The Balaban J connectivity index is 1.91. The Bertz CT molecular complexity index is 471. The maximum atomic E-state index is 8.98.